The van der Waals surface area contributed by atoms with Crippen molar-refractivity contribution in [2.75, 3.05) is 19.0 Å². The van der Waals surface area contributed by atoms with Crippen LogP contribution in [-0.4, -0.2) is 23.5 Å². The summed E-state index contributed by atoms with van der Waals surface area (Å²) < 4.78 is 2.04. The first-order valence-electron chi connectivity index (χ1n) is 5.95. The number of halogens is 1. The number of hydrogen-bond donors (Lipinski definition) is 0. The molecule has 0 radical (unpaired) electrons. The van der Waals surface area contributed by atoms with Gasteiger partial charge in [0.15, 0.2) is 0 Å². The molecule has 0 unspecified atom stereocenters. The van der Waals surface area contributed by atoms with Crippen LogP contribution in [0.1, 0.15) is 0 Å². The van der Waals surface area contributed by atoms with E-state index in [2.05, 4.69) is 40.3 Å². The summed E-state index contributed by atoms with van der Waals surface area (Å²) in [6.45, 7) is 0. The fraction of sp³-hybridized carbons (Fsp3) is 0.133. The molecule has 0 spiro atoms. The zero-order chi connectivity index (χ0) is 12.5. The zero-order valence-electron chi connectivity index (χ0n) is 10.9. The maximum absolute atomic E-state index is 4.61. The third-order valence-corrected chi connectivity index (χ3v) is 3.04. The van der Waals surface area contributed by atoms with Gasteiger partial charge in [0.1, 0.15) is 5.65 Å². The molecule has 0 aliphatic rings. The average Bonchev–Trinajstić information content (AvgIpc) is 2.82. The monoisotopic (exact) mass is 365 g/mol. The smallest absolute Gasteiger partial charge is 0.137 e. The van der Waals surface area contributed by atoms with E-state index in [1.54, 1.807) is 0 Å². The van der Waals surface area contributed by atoms with Gasteiger partial charge in [0.2, 0.25) is 0 Å². The quantitative estimate of drug-likeness (QED) is 0.646. The third kappa shape index (κ3) is 2.73. The highest BCUT2D eigenvalue weighted by atomic mass is 127. The van der Waals surface area contributed by atoms with Crippen molar-refractivity contribution in [1.82, 2.24) is 9.38 Å². The summed E-state index contributed by atoms with van der Waals surface area (Å²) in [6, 6.07) is 14.5. The molecule has 2 aromatic heterocycles. The van der Waals surface area contributed by atoms with Crippen molar-refractivity contribution in [3.05, 3.63) is 54.9 Å². The van der Waals surface area contributed by atoms with E-state index >= 15 is 0 Å². The summed E-state index contributed by atoms with van der Waals surface area (Å²) in [7, 11) is 4.08. The second-order valence-electron chi connectivity index (χ2n) is 4.53. The van der Waals surface area contributed by atoms with Gasteiger partial charge in [-0.05, 0) is 24.3 Å². The van der Waals surface area contributed by atoms with Crippen molar-refractivity contribution in [2.45, 2.75) is 0 Å². The van der Waals surface area contributed by atoms with E-state index in [9.17, 15) is 0 Å². The Kier molecular flexibility index (Phi) is 4.09. The van der Waals surface area contributed by atoms with E-state index in [-0.39, 0.29) is 24.0 Å². The number of anilines is 1. The van der Waals surface area contributed by atoms with Gasteiger partial charge in [-0.2, -0.15) is 0 Å². The number of imidazole rings is 1. The van der Waals surface area contributed by atoms with E-state index in [0.29, 0.717) is 0 Å². The van der Waals surface area contributed by atoms with Crippen molar-refractivity contribution in [2.24, 2.45) is 0 Å². The van der Waals surface area contributed by atoms with Crippen molar-refractivity contribution in [1.29, 1.82) is 0 Å². The van der Waals surface area contributed by atoms with E-state index in [0.717, 1.165) is 16.9 Å². The maximum atomic E-state index is 4.61. The molecular formula is C15H16IN3. The lowest BCUT2D eigenvalue weighted by Gasteiger charge is -2.12. The van der Waals surface area contributed by atoms with Gasteiger partial charge in [-0.1, -0.05) is 18.2 Å². The highest BCUT2D eigenvalue weighted by molar-refractivity contribution is 14.0. The molecule has 4 heteroatoms. The molecule has 0 atom stereocenters. The predicted molar refractivity (Wildman–Crippen MR) is 90.4 cm³/mol. The Morgan fingerprint density at radius 3 is 2.37 bits per heavy atom. The van der Waals surface area contributed by atoms with E-state index in [1.807, 2.05) is 42.9 Å². The van der Waals surface area contributed by atoms with Gasteiger partial charge in [0.25, 0.3) is 0 Å². The first-order chi connectivity index (χ1) is 8.74. The van der Waals surface area contributed by atoms with Crippen LogP contribution in [0, 0.1) is 0 Å². The molecule has 2 heterocycles. The Morgan fingerprint density at radius 1 is 1.00 bits per heavy atom. The Hall–Kier alpha value is -1.56. The Balaban J connectivity index is 0.00000133. The highest BCUT2D eigenvalue weighted by Gasteiger charge is 2.04. The minimum absolute atomic E-state index is 0. The highest BCUT2D eigenvalue weighted by Crippen LogP contribution is 2.22. The number of aromatic nitrogens is 2. The lowest BCUT2D eigenvalue weighted by atomic mass is 10.1. The van der Waals surface area contributed by atoms with Gasteiger partial charge in [0.05, 0.1) is 5.69 Å². The summed E-state index contributed by atoms with van der Waals surface area (Å²) >= 11 is 0. The molecule has 0 amide bonds. The molecule has 0 N–H and O–H groups in total. The Labute approximate surface area is 129 Å². The first kappa shape index (κ1) is 13.9. The second-order valence-corrected chi connectivity index (χ2v) is 4.53. The number of rotatable bonds is 2. The van der Waals surface area contributed by atoms with E-state index < -0.39 is 0 Å². The normalized spacial score (nSPS) is 10.2. The minimum atomic E-state index is 0. The summed E-state index contributed by atoms with van der Waals surface area (Å²) in [6.07, 6.45) is 4.07. The number of fused-ring (bicyclic) bond motifs is 1. The number of nitrogens with zero attached hydrogens (tertiary/aromatic N) is 3. The summed E-state index contributed by atoms with van der Waals surface area (Å²) in [5.41, 5.74) is 4.32. The van der Waals surface area contributed by atoms with E-state index in [4.69, 9.17) is 0 Å². The van der Waals surface area contributed by atoms with Crippen molar-refractivity contribution < 1.29 is 0 Å². The summed E-state index contributed by atoms with van der Waals surface area (Å²) in [5.74, 6) is 0. The summed E-state index contributed by atoms with van der Waals surface area (Å²) in [5, 5.41) is 0. The molecule has 0 saturated carbocycles. The van der Waals surface area contributed by atoms with Crippen LogP contribution in [-0.2, 0) is 0 Å². The number of hydrogen-bond acceptors (Lipinski definition) is 2. The standard InChI is InChI=1S/C15H15N3.HI/c1-17(2)13-8-6-12(7-9-13)14-11-18-10-4-3-5-15(18)16-14;/h3-11H,1-2H3;1H. The molecule has 0 bridgehead atoms. The van der Waals surface area contributed by atoms with Gasteiger partial charge in [-0.15, -0.1) is 24.0 Å². The molecule has 0 fully saturated rings. The molecule has 3 aromatic rings. The largest absolute Gasteiger partial charge is 0.378 e. The van der Waals surface area contributed by atoms with Crippen LogP contribution in [0.25, 0.3) is 16.9 Å². The van der Waals surface area contributed by atoms with Gasteiger partial charge in [-0.25, -0.2) is 4.98 Å². The average molecular weight is 365 g/mol. The molecule has 0 aliphatic heterocycles. The Morgan fingerprint density at radius 2 is 1.74 bits per heavy atom. The second kappa shape index (κ2) is 5.61. The molecule has 19 heavy (non-hydrogen) atoms. The van der Waals surface area contributed by atoms with Gasteiger partial charge in [-0.3, -0.25) is 0 Å². The molecule has 0 saturated heterocycles. The number of benzene rings is 1. The topological polar surface area (TPSA) is 20.5 Å². The molecule has 98 valence electrons. The van der Waals surface area contributed by atoms with Gasteiger partial charge >= 0.3 is 0 Å². The van der Waals surface area contributed by atoms with Crippen LogP contribution in [0.4, 0.5) is 5.69 Å². The van der Waals surface area contributed by atoms with E-state index in [1.165, 1.54) is 5.69 Å². The SMILES string of the molecule is CN(C)c1ccc(-c2cn3ccccc3n2)cc1.I. The zero-order valence-corrected chi connectivity index (χ0v) is 13.3. The van der Waals surface area contributed by atoms with Crippen molar-refractivity contribution in [3.8, 4) is 11.3 Å². The van der Waals surface area contributed by atoms with Crippen LogP contribution in [0.3, 0.4) is 0 Å². The minimum Gasteiger partial charge on any atom is -0.378 e. The van der Waals surface area contributed by atoms with Gasteiger partial charge < -0.3 is 9.30 Å². The number of pyridine rings is 1. The fourth-order valence-electron chi connectivity index (χ4n) is 2.00. The Bertz CT molecular complexity index is 638. The molecule has 3 nitrogen and oxygen atoms in total. The predicted octanol–water partition coefficient (Wildman–Crippen LogP) is 3.69. The molecule has 3 rings (SSSR count). The lowest BCUT2D eigenvalue weighted by molar-refractivity contribution is 1.13. The van der Waals surface area contributed by atoms with Crippen LogP contribution >= 0.6 is 24.0 Å². The van der Waals surface area contributed by atoms with Crippen LogP contribution in [0.15, 0.2) is 54.9 Å². The first-order valence-corrected chi connectivity index (χ1v) is 5.95. The maximum Gasteiger partial charge on any atom is 0.137 e. The van der Waals surface area contributed by atoms with Crippen LogP contribution in [0.5, 0.6) is 0 Å². The van der Waals surface area contributed by atoms with Crippen LogP contribution < -0.4 is 4.90 Å². The molecule has 0 aliphatic carbocycles. The van der Waals surface area contributed by atoms with Gasteiger partial charge in [0, 0.05) is 37.7 Å². The fourth-order valence-corrected chi connectivity index (χ4v) is 2.00. The van der Waals surface area contributed by atoms with Crippen molar-refractivity contribution >= 4 is 35.3 Å². The third-order valence-electron chi connectivity index (χ3n) is 3.04. The lowest BCUT2D eigenvalue weighted by Crippen LogP contribution is -2.07. The van der Waals surface area contributed by atoms with Crippen molar-refractivity contribution in [3.63, 3.8) is 0 Å². The molecular weight excluding hydrogens is 349 g/mol. The molecule has 1 aromatic carbocycles. The summed E-state index contributed by atoms with van der Waals surface area (Å²) in [4.78, 5) is 6.70. The van der Waals surface area contributed by atoms with Crippen LogP contribution in [0.2, 0.25) is 0 Å².